The molecule has 0 saturated carbocycles. The van der Waals surface area contributed by atoms with Gasteiger partial charge in [-0.05, 0) is 68.1 Å². The molecule has 2 unspecified atom stereocenters. The fourth-order valence-electron chi connectivity index (χ4n) is 4.44. The van der Waals surface area contributed by atoms with Crippen LogP contribution in [0.4, 0.5) is 4.79 Å². The molecule has 172 valence electrons. The van der Waals surface area contributed by atoms with Crippen LogP contribution in [0.25, 0.3) is 0 Å². The normalized spacial score (nSPS) is 22.2. The van der Waals surface area contributed by atoms with Crippen LogP contribution in [0.3, 0.4) is 0 Å². The molecular formula is C23H28ClN3O4S. The minimum atomic E-state index is -3.87. The van der Waals surface area contributed by atoms with Crippen molar-refractivity contribution in [3.05, 3.63) is 59.1 Å². The van der Waals surface area contributed by atoms with Gasteiger partial charge in [0.1, 0.15) is 11.9 Å². The first kappa shape index (κ1) is 22.9. The van der Waals surface area contributed by atoms with Gasteiger partial charge in [-0.2, -0.15) is 4.31 Å². The lowest BCUT2D eigenvalue weighted by atomic mass is 10.1. The van der Waals surface area contributed by atoms with Gasteiger partial charge in [-0.1, -0.05) is 23.7 Å². The molecule has 2 aromatic carbocycles. The van der Waals surface area contributed by atoms with Gasteiger partial charge in [0.15, 0.2) is 0 Å². The van der Waals surface area contributed by atoms with Gasteiger partial charge in [-0.15, -0.1) is 0 Å². The Hall–Kier alpha value is -2.29. The molecule has 2 amide bonds. The molecule has 0 spiro atoms. The highest BCUT2D eigenvalue weighted by Crippen LogP contribution is 2.39. The summed E-state index contributed by atoms with van der Waals surface area (Å²) in [6.45, 7) is 3.50. The average molecular weight is 478 g/mol. The molecule has 2 heterocycles. The average Bonchev–Trinajstić information content (AvgIpc) is 3.17. The van der Waals surface area contributed by atoms with Crippen molar-refractivity contribution in [1.29, 1.82) is 0 Å². The molecule has 2 fully saturated rings. The SMILES string of the molecule is COc1ccc(C2N(C(=O)N3CCCCC3)C(C)CN2S(=O)(=O)c2ccc(Cl)cc2)cc1. The molecule has 2 aromatic rings. The van der Waals surface area contributed by atoms with Crippen molar-refractivity contribution in [1.82, 2.24) is 14.1 Å². The summed E-state index contributed by atoms with van der Waals surface area (Å²) in [4.78, 5) is 17.3. The van der Waals surface area contributed by atoms with Crippen molar-refractivity contribution < 1.29 is 17.9 Å². The summed E-state index contributed by atoms with van der Waals surface area (Å²) in [6.07, 6.45) is 2.30. The number of likely N-dealkylation sites (tertiary alicyclic amines) is 1. The lowest BCUT2D eigenvalue weighted by molar-refractivity contribution is 0.116. The van der Waals surface area contributed by atoms with Crippen LogP contribution in [0.5, 0.6) is 5.75 Å². The second kappa shape index (κ2) is 9.29. The zero-order valence-electron chi connectivity index (χ0n) is 18.3. The first-order valence-corrected chi connectivity index (χ1v) is 12.6. The summed E-state index contributed by atoms with van der Waals surface area (Å²) in [7, 11) is -2.29. The van der Waals surface area contributed by atoms with Gasteiger partial charge in [0.05, 0.1) is 12.0 Å². The van der Waals surface area contributed by atoms with Crippen molar-refractivity contribution in [2.24, 2.45) is 0 Å². The number of urea groups is 1. The third-order valence-electron chi connectivity index (χ3n) is 6.14. The highest BCUT2D eigenvalue weighted by molar-refractivity contribution is 7.89. The Bertz CT molecular complexity index is 1050. The molecule has 2 atom stereocenters. The Morgan fingerprint density at radius 3 is 2.22 bits per heavy atom. The van der Waals surface area contributed by atoms with Gasteiger partial charge in [-0.25, -0.2) is 13.2 Å². The van der Waals surface area contributed by atoms with Crippen molar-refractivity contribution in [3.8, 4) is 5.75 Å². The number of ether oxygens (including phenoxy) is 1. The molecule has 0 aliphatic carbocycles. The molecule has 2 aliphatic heterocycles. The number of benzene rings is 2. The van der Waals surface area contributed by atoms with Crippen LogP contribution in [-0.4, -0.2) is 61.3 Å². The maximum atomic E-state index is 13.6. The lowest BCUT2D eigenvalue weighted by Gasteiger charge is -2.37. The smallest absolute Gasteiger partial charge is 0.321 e. The molecule has 0 N–H and O–H groups in total. The number of sulfonamides is 1. The highest BCUT2D eigenvalue weighted by Gasteiger charge is 2.48. The van der Waals surface area contributed by atoms with E-state index >= 15 is 0 Å². The Balaban J connectivity index is 1.76. The first-order valence-electron chi connectivity index (χ1n) is 10.8. The molecule has 32 heavy (non-hydrogen) atoms. The third-order valence-corrected chi connectivity index (χ3v) is 8.22. The number of piperidine rings is 1. The molecule has 4 rings (SSSR count). The number of amides is 2. The summed E-state index contributed by atoms with van der Waals surface area (Å²) >= 11 is 5.97. The summed E-state index contributed by atoms with van der Waals surface area (Å²) < 4.78 is 34.0. The number of hydrogen-bond acceptors (Lipinski definition) is 4. The van der Waals surface area contributed by atoms with Crippen LogP contribution in [-0.2, 0) is 10.0 Å². The third kappa shape index (κ3) is 4.31. The van der Waals surface area contributed by atoms with E-state index in [0.717, 1.165) is 24.8 Å². The number of halogens is 1. The van der Waals surface area contributed by atoms with Gasteiger partial charge in [0.25, 0.3) is 0 Å². The lowest BCUT2D eigenvalue weighted by Crippen LogP contribution is -2.48. The van der Waals surface area contributed by atoms with E-state index in [2.05, 4.69) is 0 Å². The van der Waals surface area contributed by atoms with Crippen molar-refractivity contribution in [2.75, 3.05) is 26.7 Å². The minimum Gasteiger partial charge on any atom is -0.497 e. The predicted molar refractivity (Wildman–Crippen MR) is 123 cm³/mol. The molecule has 9 heteroatoms. The Labute approximate surface area is 194 Å². The molecule has 0 radical (unpaired) electrons. The minimum absolute atomic E-state index is 0.119. The van der Waals surface area contributed by atoms with Crippen LogP contribution >= 0.6 is 11.6 Å². The second-order valence-electron chi connectivity index (χ2n) is 8.26. The zero-order chi connectivity index (χ0) is 22.9. The fraction of sp³-hybridized carbons (Fsp3) is 0.435. The van der Waals surface area contributed by atoms with E-state index < -0.39 is 16.2 Å². The Kier molecular flexibility index (Phi) is 6.65. The number of rotatable bonds is 4. The van der Waals surface area contributed by atoms with Crippen LogP contribution < -0.4 is 4.74 Å². The van der Waals surface area contributed by atoms with Gasteiger partial charge in [0.2, 0.25) is 10.0 Å². The van der Waals surface area contributed by atoms with E-state index in [1.807, 2.05) is 24.0 Å². The van der Waals surface area contributed by atoms with E-state index in [-0.39, 0.29) is 23.5 Å². The zero-order valence-corrected chi connectivity index (χ0v) is 19.8. The topological polar surface area (TPSA) is 70.2 Å². The summed E-state index contributed by atoms with van der Waals surface area (Å²) in [6, 6.07) is 12.9. The maximum Gasteiger partial charge on any atom is 0.321 e. The van der Waals surface area contributed by atoms with Crippen LogP contribution in [0, 0.1) is 0 Å². The quantitative estimate of drug-likeness (QED) is 0.656. The van der Waals surface area contributed by atoms with E-state index in [4.69, 9.17) is 16.3 Å². The van der Waals surface area contributed by atoms with Gasteiger partial charge >= 0.3 is 6.03 Å². The Morgan fingerprint density at radius 1 is 1.00 bits per heavy atom. The summed E-state index contributed by atoms with van der Waals surface area (Å²) in [5, 5.41) is 0.465. The Morgan fingerprint density at radius 2 is 1.62 bits per heavy atom. The van der Waals surface area contributed by atoms with Crippen molar-refractivity contribution >= 4 is 27.7 Å². The monoisotopic (exact) mass is 477 g/mol. The summed E-state index contributed by atoms with van der Waals surface area (Å²) in [5.41, 5.74) is 0.720. The number of carbonyl (C=O) groups excluding carboxylic acids is 1. The largest absolute Gasteiger partial charge is 0.497 e. The number of carbonyl (C=O) groups is 1. The second-order valence-corrected chi connectivity index (χ2v) is 10.6. The fourth-order valence-corrected chi connectivity index (χ4v) is 6.22. The molecule has 0 aromatic heterocycles. The summed E-state index contributed by atoms with van der Waals surface area (Å²) in [5.74, 6) is 0.667. The van der Waals surface area contributed by atoms with Gasteiger partial charge in [-0.3, -0.25) is 4.90 Å². The van der Waals surface area contributed by atoms with Crippen LogP contribution in [0.15, 0.2) is 53.4 Å². The van der Waals surface area contributed by atoms with Gasteiger partial charge in [0, 0.05) is 30.7 Å². The molecule has 7 nitrogen and oxygen atoms in total. The molecule has 2 aliphatic rings. The van der Waals surface area contributed by atoms with E-state index in [1.54, 1.807) is 36.3 Å². The highest BCUT2D eigenvalue weighted by atomic mass is 35.5. The molecule has 0 bridgehead atoms. The number of hydrogen-bond donors (Lipinski definition) is 0. The van der Waals surface area contributed by atoms with Crippen molar-refractivity contribution in [3.63, 3.8) is 0 Å². The predicted octanol–water partition coefficient (Wildman–Crippen LogP) is 4.35. The first-order chi connectivity index (χ1) is 15.3. The van der Waals surface area contributed by atoms with Crippen LogP contribution in [0.2, 0.25) is 5.02 Å². The maximum absolute atomic E-state index is 13.6. The number of nitrogens with zero attached hydrogens (tertiary/aromatic N) is 3. The van der Waals surface area contributed by atoms with Crippen LogP contribution in [0.1, 0.15) is 37.9 Å². The molecular weight excluding hydrogens is 450 g/mol. The van der Waals surface area contributed by atoms with E-state index in [9.17, 15) is 13.2 Å². The van der Waals surface area contributed by atoms with Crippen molar-refractivity contribution in [2.45, 2.75) is 43.3 Å². The standard InChI is InChI=1S/C23H28ClN3O4S/c1-17-16-26(32(29,30)21-12-8-19(24)9-13-21)22(18-6-10-20(31-2)11-7-18)27(17)23(28)25-14-4-3-5-15-25/h6-13,17,22H,3-5,14-16H2,1-2H3. The van der Waals surface area contributed by atoms with E-state index in [1.165, 1.54) is 16.4 Å². The van der Waals surface area contributed by atoms with E-state index in [0.29, 0.717) is 23.9 Å². The van der Waals surface area contributed by atoms with Gasteiger partial charge < -0.3 is 9.64 Å². The molecule has 2 saturated heterocycles. The number of methoxy groups -OCH3 is 1.